The molecule has 136 valence electrons. The highest BCUT2D eigenvalue weighted by molar-refractivity contribution is 5.67. The summed E-state index contributed by atoms with van der Waals surface area (Å²) in [5, 5.41) is 4.34. The van der Waals surface area contributed by atoms with E-state index in [1.54, 1.807) is 0 Å². The van der Waals surface area contributed by atoms with Crippen molar-refractivity contribution < 1.29 is 0 Å². The van der Waals surface area contributed by atoms with Crippen molar-refractivity contribution in [3.63, 3.8) is 0 Å². The van der Waals surface area contributed by atoms with E-state index in [0.717, 1.165) is 30.9 Å². The number of nitrogens with zero attached hydrogens (tertiary/aromatic N) is 5. The second-order valence-electron chi connectivity index (χ2n) is 7.45. The molecule has 0 fully saturated rings. The van der Waals surface area contributed by atoms with Crippen molar-refractivity contribution in [3.8, 4) is 11.4 Å². The number of hydrogen-bond donors (Lipinski definition) is 0. The van der Waals surface area contributed by atoms with Gasteiger partial charge in [-0.05, 0) is 61.7 Å². The van der Waals surface area contributed by atoms with Crippen LogP contribution in [0.1, 0.15) is 25.0 Å². The summed E-state index contributed by atoms with van der Waals surface area (Å²) in [6, 6.07) is 13.6. The molecule has 3 aromatic heterocycles. The molecule has 1 aliphatic heterocycles. The van der Waals surface area contributed by atoms with Gasteiger partial charge >= 0.3 is 0 Å². The largest absolute Gasteiger partial charge is 0.369 e. The fourth-order valence-corrected chi connectivity index (χ4v) is 4.13. The fraction of sp³-hybridized carbons (Fsp3) is 0.273. The minimum atomic E-state index is 0.537. The molecular formula is C22H23N5. The zero-order chi connectivity index (χ0) is 18.4. The Morgan fingerprint density at radius 1 is 1.07 bits per heavy atom. The Labute approximate surface area is 158 Å². The third kappa shape index (κ3) is 2.70. The third-order valence-corrected chi connectivity index (χ3v) is 5.47. The molecule has 0 saturated carbocycles. The number of anilines is 1. The van der Waals surface area contributed by atoms with Crippen LogP contribution in [0.25, 0.3) is 16.9 Å². The van der Waals surface area contributed by atoms with E-state index in [2.05, 4.69) is 69.9 Å². The molecule has 0 bridgehead atoms. The lowest BCUT2D eigenvalue weighted by Gasteiger charge is -2.24. The first-order chi connectivity index (χ1) is 13.2. The van der Waals surface area contributed by atoms with Crippen LogP contribution < -0.4 is 4.90 Å². The molecule has 1 aliphatic rings. The molecule has 5 nitrogen and oxygen atoms in total. The molecule has 27 heavy (non-hydrogen) atoms. The maximum atomic E-state index is 4.66. The summed E-state index contributed by atoms with van der Waals surface area (Å²) in [5.41, 5.74) is 6.36. The number of imidazole rings is 1. The molecule has 0 atom stereocenters. The lowest BCUT2D eigenvalue weighted by molar-refractivity contribution is 0.710. The normalized spacial score (nSPS) is 13.7. The molecule has 0 amide bonds. The summed E-state index contributed by atoms with van der Waals surface area (Å²) in [5.74, 6) is 1.02. The number of fused-ring (bicyclic) bond motifs is 2. The molecule has 5 heteroatoms. The van der Waals surface area contributed by atoms with E-state index in [0.29, 0.717) is 6.04 Å². The van der Waals surface area contributed by atoms with Crippen LogP contribution in [0.4, 0.5) is 5.69 Å². The maximum Gasteiger partial charge on any atom is 0.140 e. The Morgan fingerprint density at radius 3 is 2.89 bits per heavy atom. The van der Waals surface area contributed by atoms with Crippen molar-refractivity contribution in [2.45, 2.75) is 32.9 Å². The first-order valence-electron chi connectivity index (χ1n) is 9.53. The lowest BCUT2D eigenvalue weighted by atomic mass is 10.1. The van der Waals surface area contributed by atoms with Gasteiger partial charge in [-0.15, -0.1) is 0 Å². The van der Waals surface area contributed by atoms with E-state index in [-0.39, 0.29) is 0 Å². The minimum Gasteiger partial charge on any atom is -0.369 e. The van der Waals surface area contributed by atoms with E-state index >= 15 is 0 Å². The highest BCUT2D eigenvalue weighted by Gasteiger charge is 2.22. The average Bonchev–Trinajstić information content (AvgIpc) is 3.40. The number of pyridine rings is 1. The van der Waals surface area contributed by atoms with Crippen LogP contribution in [0.2, 0.25) is 0 Å². The third-order valence-electron chi connectivity index (χ3n) is 5.47. The van der Waals surface area contributed by atoms with Crippen molar-refractivity contribution in [3.05, 3.63) is 72.3 Å². The van der Waals surface area contributed by atoms with E-state index < -0.39 is 0 Å². The van der Waals surface area contributed by atoms with Crippen LogP contribution in [0, 0.1) is 0 Å². The topological polar surface area (TPSA) is 38.4 Å². The number of hydrogen-bond acceptors (Lipinski definition) is 3. The van der Waals surface area contributed by atoms with Gasteiger partial charge in [0, 0.05) is 48.6 Å². The van der Waals surface area contributed by atoms with Crippen molar-refractivity contribution in [1.82, 2.24) is 19.2 Å². The lowest BCUT2D eigenvalue weighted by Crippen LogP contribution is -2.28. The van der Waals surface area contributed by atoms with Crippen LogP contribution in [0.3, 0.4) is 0 Å². The smallest absolute Gasteiger partial charge is 0.140 e. The second-order valence-corrected chi connectivity index (χ2v) is 7.45. The van der Waals surface area contributed by atoms with Gasteiger partial charge in [0.1, 0.15) is 5.82 Å². The molecule has 5 rings (SSSR count). The van der Waals surface area contributed by atoms with Gasteiger partial charge in [0.15, 0.2) is 0 Å². The van der Waals surface area contributed by atoms with E-state index in [1.165, 1.54) is 22.4 Å². The van der Waals surface area contributed by atoms with E-state index in [4.69, 9.17) is 0 Å². The van der Waals surface area contributed by atoms with Gasteiger partial charge in [0.25, 0.3) is 0 Å². The summed E-state index contributed by atoms with van der Waals surface area (Å²) in [7, 11) is 0. The van der Waals surface area contributed by atoms with Crippen LogP contribution in [-0.4, -0.2) is 31.8 Å². The minimum absolute atomic E-state index is 0.537. The molecule has 0 saturated heterocycles. The Balaban J connectivity index is 1.50. The van der Waals surface area contributed by atoms with Gasteiger partial charge in [-0.25, -0.2) is 9.50 Å². The summed E-state index contributed by atoms with van der Waals surface area (Å²) in [4.78, 5) is 7.13. The van der Waals surface area contributed by atoms with E-state index in [9.17, 15) is 0 Å². The predicted molar refractivity (Wildman–Crippen MR) is 108 cm³/mol. The molecule has 0 N–H and O–H groups in total. The number of benzene rings is 1. The Hall–Kier alpha value is -3.08. The zero-order valence-electron chi connectivity index (χ0n) is 15.7. The highest BCUT2D eigenvalue weighted by atomic mass is 15.2. The molecule has 4 heterocycles. The van der Waals surface area contributed by atoms with E-state index in [1.807, 2.05) is 29.2 Å². The van der Waals surface area contributed by atoms with Crippen molar-refractivity contribution in [2.24, 2.45) is 0 Å². The van der Waals surface area contributed by atoms with Gasteiger partial charge in [0.2, 0.25) is 0 Å². The van der Waals surface area contributed by atoms with Gasteiger partial charge in [-0.3, -0.25) is 0 Å². The molecule has 0 radical (unpaired) electrons. The summed E-state index contributed by atoms with van der Waals surface area (Å²) in [6.07, 6.45) is 8.88. The predicted octanol–water partition coefficient (Wildman–Crippen LogP) is 4.02. The van der Waals surface area contributed by atoms with Crippen LogP contribution in [0.5, 0.6) is 0 Å². The standard InChI is InChI=1S/C22H23N5/c1-16(2)26-12-8-17-14-18(5-6-20(17)26)22-23-10-13-25(22)15-19-4-3-11-27-21(19)7-9-24-27/h3-7,9-11,13-14,16H,8,12,15H2,1-2H3. The average molecular weight is 357 g/mol. The summed E-state index contributed by atoms with van der Waals surface area (Å²) >= 11 is 0. The molecule has 0 spiro atoms. The van der Waals surface area contributed by atoms with Gasteiger partial charge in [-0.2, -0.15) is 5.10 Å². The maximum absolute atomic E-state index is 4.66. The molecule has 0 aliphatic carbocycles. The van der Waals surface area contributed by atoms with Crippen molar-refractivity contribution >= 4 is 11.2 Å². The molecule has 1 aromatic carbocycles. The fourth-order valence-electron chi connectivity index (χ4n) is 4.13. The summed E-state index contributed by atoms with van der Waals surface area (Å²) in [6.45, 7) is 6.40. The quantitative estimate of drug-likeness (QED) is 0.554. The zero-order valence-corrected chi connectivity index (χ0v) is 15.7. The monoisotopic (exact) mass is 357 g/mol. The Kier molecular flexibility index (Phi) is 3.74. The molecule has 4 aromatic rings. The first kappa shape index (κ1) is 16.1. The van der Waals surface area contributed by atoms with Crippen LogP contribution in [0.15, 0.2) is 61.2 Å². The van der Waals surface area contributed by atoms with Crippen molar-refractivity contribution in [1.29, 1.82) is 0 Å². The van der Waals surface area contributed by atoms with Gasteiger partial charge in [-0.1, -0.05) is 6.07 Å². The Bertz CT molecular complexity index is 1100. The highest BCUT2D eigenvalue weighted by Crippen LogP contribution is 2.33. The Morgan fingerprint density at radius 2 is 2.00 bits per heavy atom. The summed E-state index contributed by atoms with van der Waals surface area (Å²) < 4.78 is 4.14. The first-order valence-corrected chi connectivity index (χ1v) is 9.53. The number of rotatable bonds is 4. The van der Waals surface area contributed by atoms with Crippen LogP contribution in [-0.2, 0) is 13.0 Å². The number of aromatic nitrogens is 4. The molecular weight excluding hydrogens is 334 g/mol. The van der Waals surface area contributed by atoms with Crippen molar-refractivity contribution in [2.75, 3.05) is 11.4 Å². The molecule has 0 unspecified atom stereocenters. The van der Waals surface area contributed by atoms with Gasteiger partial charge < -0.3 is 9.47 Å². The van der Waals surface area contributed by atoms with Gasteiger partial charge in [0.05, 0.1) is 12.1 Å². The van der Waals surface area contributed by atoms with Crippen LogP contribution >= 0.6 is 0 Å². The SMILES string of the molecule is CC(C)N1CCc2cc(-c3nccn3Cc3cccn4nccc34)ccc21. The second kappa shape index (κ2) is 6.27.